The molecule has 0 amide bonds. The van der Waals surface area contributed by atoms with Gasteiger partial charge in [-0.1, -0.05) is 34.1 Å². The molecule has 1 nitrogen and oxygen atoms in total. The van der Waals surface area contributed by atoms with Gasteiger partial charge in [0.05, 0.1) is 5.48 Å². The maximum Gasteiger partial charge on any atom is 0.0847 e. The highest BCUT2D eigenvalue weighted by Gasteiger charge is 1.95. The van der Waals surface area contributed by atoms with Gasteiger partial charge in [0.1, 0.15) is 0 Å². The molecule has 1 aromatic heterocycles. The lowest BCUT2D eigenvalue weighted by atomic mass is 10.1. The van der Waals surface area contributed by atoms with Crippen molar-refractivity contribution in [3.63, 3.8) is 0 Å². The third kappa shape index (κ3) is 1.95. The van der Waals surface area contributed by atoms with Crippen LogP contribution in [0.15, 0.2) is 53.2 Å². The van der Waals surface area contributed by atoms with Gasteiger partial charge in [-0.05, 0) is 29.3 Å². The summed E-state index contributed by atoms with van der Waals surface area (Å²) in [6.07, 6.45) is -0.473. The summed E-state index contributed by atoms with van der Waals surface area (Å²) in [5, 5.41) is 0. The molecule has 1 aromatic carbocycles. The fraction of sp³-hybridized carbons (Fsp3) is 0. The van der Waals surface area contributed by atoms with Crippen LogP contribution in [-0.2, 0) is 0 Å². The van der Waals surface area contributed by atoms with Gasteiger partial charge in [-0.3, -0.25) is 4.98 Å². The lowest BCUT2D eigenvalue weighted by molar-refractivity contribution is 1.33. The second-order valence-corrected chi connectivity index (χ2v) is 3.38. The van der Waals surface area contributed by atoms with Crippen molar-refractivity contribution in [3.05, 3.63) is 53.2 Å². The van der Waals surface area contributed by atoms with Gasteiger partial charge in [-0.25, -0.2) is 0 Å². The number of halogens is 1. The summed E-state index contributed by atoms with van der Waals surface area (Å²) >= 11 is 3.30. The van der Waals surface area contributed by atoms with Crippen molar-refractivity contribution in [2.24, 2.45) is 0 Å². The lowest BCUT2D eigenvalue weighted by Gasteiger charge is -1.99. The minimum atomic E-state index is -0.333. The molecule has 0 fully saturated rings. The fourth-order valence-corrected chi connectivity index (χ4v) is 1.25. The van der Waals surface area contributed by atoms with Crippen LogP contribution in [0.5, 0.6) is 0 Å². The average molecular weight is 238 g/mol. The van der Waals surface area contributed by atoms with E-state index in [2.05, 4.69) is 20.9 Å². The lowest BCUT2D eigenvalue weighted by Crippen LogP contribution is -1.77. The standard InChI is InChI=1S/C11H8BrN/c12-11-5-3-9(4-6-11)10-2-1-7-13-8-10/h1-8H/i1D,2D,7D,8D. The van der Waals surface area contributed by atoms with E-state index in [0.717, 1.165) is 4.47 Å². The van der Waals surface area contributed by atoms with Crippen molar-refractivity contribution >= 4 is 15.9 Å². The smallest absolute Gasteiger partial charge is 0.0847 e. The Labute approximate surface area is 91.2 Å². The van der Waals surface area contributed by atoms with Gasteiger partial charge in [0.25, 0.3) is 0 Å². The van der Waals surface area contributed by atoms with Crippen molar-refractivity contribution in [2.75, 3.05) is 0 Å². The van der Waals surface area contributed by atoms with Crippen LogP contribution in [0.2, 0.25) is 0 Å². The molecule has 64 valence electrons. The SMILES string of the molecule is [2H]c1nc([2H])c(-c2ccc(Br)cc2)c([2H])c1[2H]. The zero-order valence-corrected chi connectivity index (χ0v) is 8.22. The fourth-order valence-electron chi connectivity index (χ4n) is 0.983. The molecule has 0 N–H and O–H groups in total. The molecule has 13 heavy (non-hydrogen) atoms. The highest BCUT2D eigenvalue weighted by atomic mass is 79.9. The first-order valence-electron chi connectivity index (χ1n) is 5.71. The topological polar surface area (TPSA) is 12.9 Å². The summed E-state index contributed by atoms with van der Waals surface area (Å²) in [7, 11) is 0. The molecule has 0 radical (unpaired) electrons. The maximum absolute atomic E-state index is 7.79. The summed E-state index contributed by atoms with van der Waals surface area (Å²) in [6.45, 7) is 0. The Hall–Kier alpha value is -1.15. The zero-order chi connectivity index (χ0) is 12.6. The van der Waals surface area contributed by atoms with Crippen LogP contribution in [0.1, 0.15) is 5.48 Å². The molecule has 0 spiro atoms. The first-order chi connectivity index (χ1) is 8.00. The van der Waals surface area contributed by atoms with Gasteiger partial charge in [-0.15, -0.1) is 0 Å². The predicted molar refractivity (Wildman–Crippen MR) is 57.4 cm³/mol. The molecule has 0 aliphatic rings. The maximum atomic E-state index is 7.79. The monoisotopic (exact) mass is 237 g/mol. The van der Waals surface area contributed by atoms with Gasteiger partial charge >= 0.3 is 0 Å². The van der Waals surface area contributed by atoms with E-state index >= 15 is 0 Å². The minimum absolute atomic E-state index is 0.127. The predicted octanol–water partition coefficient (Wildman–Crippen LogP) is 3.51. The molecule has 0 aliphatic carbocycles. The second-order valence-electron chi connectivity index (χ2n) is 2.47. The highest BCUT2D eigenvalue weighted by molar-refractivity contribution is 9.10. The number of rotatable bonds is 1. The second kappa shape index (κ2) is 3.71. The molecule has 0 unspecified atom stereocenters. The molecule has 0 bridgehead atoms. The molecule has 2 heteroatoms. The molecular formula is C11H8BrN. The van der Waals surface area contributed by atoms with Crippen molar-refractivity contribution in [2.45, 2.75) is 0 Å². The first kappa shape index (κ1) is 4.91. The highest BCUT2D eigenvalue weighted by Crippen LogP contribution is 2.20. The molecule has 2 rings (SSSR count). The Morgan fingerprint density at radius 1 is 1.15 bits per heavy atom. The van der Waals surface area contributed by atoms with Crippen molar-refractivity contribution in [3.8, 4) is 11.1 Å². The molecule has 0 saturated carbocycles. The Kier molecular flexibility index (Phi) is 1.40. The summed E-state index contributed by atoms with van der Waals surface area (Å²) < 4.78 is 31.3. The van der Waals surface area contributed by atoms with Crippen molar-refractivity contribution in [1.82, 2.24) is 4.98 Å². The Morgan fingerprint density at radius 2 is 1.92 bits per heavy atom. The summed E-state index contributed by atoms with van der Waals surface area (Å²) in [5.41, 5.74) is 0.947. The number of nitrogens with zero attached hydrogens (tertiary/aromatic N) is 1. The zero-order valence-electron chi connectivity index (χ0n) is 10.6. The number of aromatic nitrogens is 1. The molecule has 0 aliphatic heterocycles. The minimum Gasteiger partial charge on any atom is -0.264 e. The van der Waals surface area contributed by atoms with Crippen LogP contribution >= 0.6 is 15.9 Å². The Balaban J connectivity index is 2.67. The van der Waals surface area contributed by atoms with Gasteiger partial charge in [-0.2, -0.15) is 0 Å². The molecular weight excluding hydrogens is 226 g/mol. The third-order valence-electron chi connectivity index (χ3n) is 1.60. The number of benzene rings is 1. The third-order valence-corrected chi connectivity index (χ3v) is 2.13. The Bertz CT molecular complexity index is 569. The van der Waals surface area contributed by atoms with Crippen LogP contribution < -0.4 is 0 Å². The van der Waals surface area contributed by atoms with Crippen LogP contribution in [0.25, 0.3) is 11.1 Å². The average Bonchev–Trinajstić information content (AvgIpc) is 2.29. The molecule has 0 atom stereocenters. The van der Waals surface area contributed by atoms with Gasteiger partial charge < -0.3 is 0 Å². The normalized spacial score (nSPS) is 14.2. The van der Waals surface area contributed by atoms with Gasteiger partial charge in [0.15, 0.2) is 0 Å². The number of hydrogen-bond acceptors (Lipinski definition) is 1. The van der Waals surface area contributed by atoms with E-state index in [4.69, 9.17) is 5.48 Å². The number of hydrogen-bond donors (Lipinski definition) is 0. The van der Waals surface area contributed by atoms with E-state index in [1.165, 1.54) is 0 Å². The summed E-state index contributed by atoms with van der Waals surface area (Å²) in [6, 6.07) is 6.72. The first-order valence-corrected chi connectivity index (χ1v) is 4.50. The molecule has 1 heterocycles. The van der Waals surface area contributed by atoms with Crippen molar-refractivity contribution in [1.29, 1.82) is 0 Å². The van der Waals surface area contributed by atoms with E-state index in [0.29, 0.717) is 11.1 Å². The van der Waals surface area contributed by atoms with E-state index in [1.807, 2.05) is 0 Å². The summed E-state index contributed by atoms with van der Waals surface area (Å²) in [4.78, 5) is 3.65. The van der Waals surface area contributed by atoms with Gasteiger partial charge in [0.2, 0.25) is 0 Å². The van der Waals surface area contributed by atoms with Gasteiger partial charge in [0, 0.05) is 16.8 Å². The van der Waals surface area contributed by atoms with E-state index < -0.39 is 0 Å². The Morgan fingerprint density at radius 3 is 2.69 bits per heavy atom. The van der Waals surface area contributed by atoms with Crippen LogP contribution in [-0.4, -0.2) is 4.98 Å². The quantitative estimate of drug-likeness (QED) is 0.740. The largest absolute Gasteiger partial charge is 0.264 e. The van der Waals surface area contributed by atoms with E-state index in [-0.39, 0.29) is 24.4 Å². The number of pyridine rings is 1. The van der Waals surface area contributed by atoms with Crippen LogP contribution in [0, 0.1) is 0 Å². The van der Waals surface area contributed by atoms with Crippen LogP contribution in [0.3, 0.4) is 0 Å². The molecule has 2 aromatic rings. The summed E-state index contributed by atoms with van der Waals surface area (Å²) in [5.74, 6) is 0. The molecule has 0 saturated heterocycles. The van der Waals surface area contributed by atoms with Crippen LogP contribution in [0.4, 0.5) is 0 Å². The van der Waals surface area contributed by atoms with E-state index in [9.17, 15) is 0 Å². The van der Waals surface area contributed by atoms with Crippen molar-refractivity contribution < 1.29 is 5.48 Å². The van der Waals surface area contributed by atoms with E-state index in [1.54, 1.807) is 24.3 Å².